The Morgan fingerprint density at radius 1 is 1.15 bits per heavy atom. The van der Waals surface area contributed by atoms with Crippen molar-refractivity contribution in [2.24, 2.45) is 0 Å². The van der Waals surface area contributed by atoms with E-state index in [9.17, 15) is 22.4 Å². The van der Waals surface area contributed by atoms with Crippen LogP contribution in [0.15, 0.2) is 42.6 Å². The summed E-state index contributed by atoms with van der Waals surface area (Å²) in [4.78, 5) is 27.5. The van der Waals surface area contributed by atoms with E-state index in [1.54, 1.807) is 0 Å². The fourth-order valence-corrected chi connectivity index (χ4v) is 3.08. The SMILES string of the molecule is CCCOC(=O)c1ccc(C(=O)NS(=O)(=O)CCc2ccc(F)cc2)cn1. The zero-order chi connectivity index (χ0) is 19.9. The Balaban J connectivity index is 1.94. The summed E-state index contributed by atoms with van der Waals surface area (Å²) in [6, 6.07) is 8.01. The molecule has 0 spiro atoms. The number of halogens is 1. The fraction of sp³-hybridized carbons (Fsp3) is 0.278. The predicted molar refractivity (Wildman–Crippen MR) is 96.2 cm³/mol. The molecule has 0 aliphatic heterocycles. The molecule has 0 saturated heterocycles. The number of amides is 1. The largest absolute Gasteiger partial charge is 0.461 e. The van der Waals surface area contributed by atoms with Gasteiger partial charge in [-0.2, -0.15) is 0 Å². The maximum Gasteiger partial charge on any atom is 0.356 e. The van der Waals surface area contributed by atoms with E-state index in [4.69, 9.17) is 4.74 Å². The molecule has 1 amide bonds. The summed E-state index contributed by atoms with van der Waals surface area (Å²) in [5.41, 5.74) is 0.650. The van der Waals surface area contributed by atoms with Crippen LogP contribution >= 0.6 is 0 Å². The lowest BCUT2D eigenvalue weighted by Gasteiger charge is -2.07. The molecule has 0 radical (unpaired) electrons. The Hall–Kier alpha value is -2.81. The lowest BCUT2D eigenvalue weighted by molar-refractivity contribution is 0.0497. The van der Waals surface area contributed by atoms with Crippen molar-refractivity contribution in [2.75, 3.05) is 12.4 Å². The number of hydrogen-bond donors (Lipinski definition) is 1. The Kier molecular flexibility index (Phi) is 7.00. The first-order valence-corrected chi connectivity index (χ1v) is 9.88. The van der Waals surface area contributed by atoms with Gasteiger partial charge in [-0.15, -0.1) is 0 Å². The van der Waals surface area contributed by atoms with Crippen LogP contribution in [0.2, 0.25) is 0 Å². The number of hydrogen-bond acceptors (Lipinski definition) is 6. The van der Waals surface area contributed by atoms with E-state index in [0.717, 1.165) is 6.20 Å². The highest BCUT2D eigenvalue weighted by molar-refractivity contribution is 7.90. The van der Waals surface area contributed by atoms with Crippen LogP contribution in [-0.4, -0.2) is 37.6 Å². The van der Waals surface area contributed by atoms with Gasteiger partial charge in [0.25, 0.3) is 5.91 Å². The molecule has 1 aromatic heterocycles. The van der Waals surface area contributed by atoms with Gasteiger partial charge in [0, 0.05) is 6.20 Å². The highest BCUT2D eigenvalue weighted by Crippen LogP contribution is 2.06. The Bertz CT molecular complexity index is 896. The van der Waals surface area contributed by atoms with Crippen molar-refractivity contribution in [3.8, 4) is 0 Å². The molecule has 0 bridgehead atoms. The second kappa shape index (κ2) is 9.22. The molecule has 7 nitrogen and oxygen atoms in total. The lowest BCUT2D eigenvalue weighted by Crippen LogP contribution is -2.33. The Labute approximate surface area is 156 Å². The summed E-state index contributed by atoms with van der Waals surface area (Å²) >= 11 is 0. The summed E-state index contributed by atoms with van der Waals surface area (Å²) < 4.78 is 43.8. The quantitative estimate of drug-likeness (QED) is 0.688. The molecule has 144 valence electrons. The van der Waals surface area contributed by atoms with Gasteiger partial charge in [0.05, 0.1) is 17.9 Å². The lowest BCUT2D eigenvalue weighted by atomic mass is 10.2. The van der Waals surface area contributed by atoms with Crippen molar-refractivity contribution in [2.45, 2.75) is 19.8 Å². The first kappa shape index (κ1) is 20.5. The number of esters is 1. The Morgan fingerprint density at radius 2 is 1.85 bits per heavy atom. The number of carbonyl (C=O) groups excluding carboxylic acids is 2. The number of aryl methyl sites for hydroxylation is 1. The van der Waals surface area contributed by atoms with Gasteiger partial charge in [0.15, 0.2) is 0 Å². The minimum absolute atomic E-state index is 0.00704. The number of benzene rings is 1. The molecular formula is C18H19FN2O5S. The van der Waals surface area contributed by atoms with E-state index >= 15 is 0 Å². The molecule has 0 atom stereocenters. The van der Waals surface area contributed by atoms with Gasteiger partial charge >= 0.3 is 5.97 Å². The molecule has 2 rings (SSSR count). The molecule has 1 aromatic carbocycles. The van der Waals surface area contributed by atoms with Crippen molar-refractivity contribution in [3.05, 3.63) is 65.2 Å². The van der Waals surface area contributed by atoms with Crippen molar-refractivity contribution in [1.82, 2.24) is 9.71 Å². The van der Waals surface area contributed by atoms with Crippen LogP contribution in [0.4, 0.5) is 4.39 Å². The molecule has 0 unspecified atom stereocenters. The minimum Gasteiger partial charge on any atom is -0.461 e. The van der Waals surface area contributed by atoms with E-state index < -0.39 is 27.7 Å². The highest BCUT2D eigenvalue weighted by atomic mass is 32.2. The van der Waals surface area contributed by atoms with Crippen LogP contribution in [-0.2, 0) is 21.2 Å². The number of sulfonamides is 1. The summed E-state index contributed by atoms with van der Waals surface area (Å²) in [5.74, 6) is -2.21. The van der Waals surface area contributed by atoms with E-state index in [2.05, 4.69) is 4.98 Å². The summed E-state index contributed by atoms with van der Waals surface area (Å²) in [5, 5.41) is 0. The number of aromatic nitrogens is 1. The second-order valence-electron chi connectivity index (χ2n) is 5.69. The average molecular weight is 394 g/mol. The van der Waals surface area contributed by atoms with Gasteiger partial charge in [-0.1, -0.05) is 19.1 Å². The molecule has 9 heteroatoms. The van der Waals surface area contributed by atoms with Crippen LogP contribution < -0.4 is 4.72 Å². The van der Waals surface area contributed by atoms with E-state index in [0.29, 0.717) is 12.0 Å². The van der Waals surface area contributed by atoms with Gasteiger partial charge in [-0.25, -0.2) is 27.3 Å². The summed E-state index contributed by atoms with van der Waals surface area (Å²) in [6.07, 6.45) is 1.90. The van der Waals surface area contributed by atoms with E-state index in [-0.39, 0.29) is 30.0 Å². The second-order valence-corrected chi connectivity index (χ2v) is 7.54. The number of pyridine rings is 1. The van der Waals surface area contributed by atoms with Crippen LogP contribution in [0.3, 0.4) is 0 Å². The fourth-order valence-electron chi connectivity index (χ4n) is 2.07. The van der Waals surface area contributed by atoms with Crippen molar-refractivity contribution < 1.29 is 27.1 Å². The van der Waals surface area contributed by atoms with Gasteiger partial charge in [-0.05, 0) is 42.7 Å². The van der Waals surface area contributed by atoms with Crippen LogP contribution in [0, 0.1) is 5.82 Å². The van der Waals surface area contributed by atoms with Crippen molar-refractivity contribution in [3.63, 3.8) is 0 Å². The van der Waals surface area contributed by atoms with Crippen LogP contribution in [0.25, 0.3) is 0 Å². The molecule has 0 fully saturated rings. The van der Waals surface area contributed by atoms with Crippen LogP contribution in [0.5, 0.6) is 0 Å². The highest BCUT2D eigenvalue weighted by Gasteiger charge is 2.17. The first-order valence-electron chi connectivity index (χ1n) is 8.23. The Morgan fingerprint density at radius 3 is 2.44 bits per heavy atom. The number of nitrogens with one attached hydrogen (secondary N) is 1. The first-order chi connectivity index (χ1) is 12.8. The molecule has 0 saturated carbocycles. The smallest absolute Gasteiger partial charge is 0.356 e. The monoisotopic (exact) mass is 394 g/mol. The number of rotatable bonds is 8. The van der Waals surface area contributed by atoms with Crippen LogP contribution in [0.1, 0.15) is 39.8 Å². The molecule has 1 N–H and O–H groups in total. The third-order valence-electron chi connectivity index (χ3n) is 3.49. The molecular weight excluding hydrogens is 375 g/mol. The maximum absolute atomic E-state index is 12.8. The zero-order valence-electron chi connectivity index (χ0n) is 14.6. The van der Waals surface area contributed by atoms with E-state index in [1.165, 1.54) is 36.4 Å². The van der Waals surface area contributed by atoms with Gasteiger partial charge in [-0.3, -0.25) is 4.79 Å². The normalized spacial score (nSPS) is 11.0. The number of nitrogens with zero attached hydrogens (tertiary/aromatic N) is 1. The minimum atomic E-state index is -3.89. The van der Waals surface area contributed by atoms with Gasteiger partial charge in [0.1, 0.15) is 11.5 Å². The van der Waals surface area contributed by atoms with Crippen molar-refractivity contribution >= 4 is 21.9 Å². The maximum atomic E-state index is 12.8. The number of ether oxygens (including phenoxy) is 1. The third kappa shape index (κ3) is 6.45. The summed E-state index contributed by atoms with van der Waals surface area (Å²) in [7, 11) is -3.89. The van der Waals surface area contributed by atoms with E-state index in [1.807, 2.05) is 11.6 Å². The molecule has 0 aliphatic carbocycles. The number of carbonyl (C=O) groups is 2. The zero-order valence-corrected chi connectivity index (χ0v) is 15.5. The molecule has 1 heterocycles. The summed E-state index contributed by atoms with van der Waals surface area (Å²) in [6.45, 7) is 2.11. The third-order valence-corrected chi connectivity index (χ3v) is 4.73. The molecule has 0 aliphatic rings. The van der Waals surface area contributed by atoms with Gasteiger partial charge in [0.2, 0.25) is 10.0 Å². The molecule has 27 heavy (non-hydrogen) atoms. The molecule has 2 aromatic rings. The topological polar surface area (TPSA) is 102 Å². The predicted octanol–water partition coefficient (Wildman–Crippen LogP) is 2.09. The van der Waals surface area contributed by atoms with Gasteiger partial charge < -0.3 is 4.74 Å². The van der Waals surface area contributed by atoms with Crippen molar-refractivity contribution in [1.29, 1.82) is 0 Å². The average Bonchev–Trinajstić information content (AvgIpc) is 2.65. The standard InChI is InChI=1S/C18H19FN2O5S/c1-2-10-26-18(23)16-8-5-14(12-20-16)17(22)21-27(24,25)11-9-13-3-6-15(19)7-4-13/h3-8,12H,2,9-11H2,1H3,(H,21,22).